The monoisotopic (exact) mass is 159 g/mol. The Morgan fingerprint density at radius 2 is 1.91 bits per heavy atom. The Bertz CT molecular complexity index is 258. The summed E-state index contributed by atoms with van der Waals surface area (Å²) in [6, 6.07) is 6.72. The second-order valence-electron chi connectivity index (χ2n) is 2.28. The standard InChI is InChI=1S/C7H6NO2.Na/c1-6-2-4-7(5-3-6)8(9)10;/h2-5H,1H2;. The van der Waals surface area contributed by atoms with Crippen molar-refractivity contribution in [3.63, 3.8) is 0 Å². The molecule has 0 unspecified atom stereocenters. The van der Waals surface area contributed by atoms with Crippen LogP contribution in [0.25, 0.3) is 0 Å². The number of nitrogens with zero attached hydrogens (tertiary/aromatic N) is 1. The second kappa shape index (κ2) is 3.85. The molecule has 1 rings (SSSR count). The van der Waals surface area contributed by atoms with E-state index < -0.39 is 0 Å². The molecule has 0 aliphatic carbocycles. The summed E-state index contributed by atoms with van der Waals surface area (Å²) >= 11 is 1.10. The van der Waals surface area contributed by atoms with E-state index in [1.165, 1.54) is 5.56 Å². The first-order valence-electron chi connectivity index (χ1n) is 3.47. The van der Waals surface area contributed by atoms with Crippen LogP contribution < -0.4 is 0 Å². The molecule has 4 heteroatoms. The molecule has 0 aliphatic rings. The van der Waals surface area contributed by atoms with Gasteiger partial charge < -0.3 is 0 Å². The number of hydrogen-bond donors (Lipinski definition) is 0. The fourth-order valence-electron chi connectivity index (χ4n) is 0.853. The number of non-ortho nitro benzene ring substituents is 1. The Labute approximate surface area is 82.0 Å². The van der Waals surface area contributed by atoms with Crippen molar-refractivity contribution >= 4 is 33.6 Å². The van der Waals surface area contributed by atoms with Crippen molar-refractivity contribution in [2.45, 2.75) is 3.67 Å². The summed E-state index contributed by atoms with van der Waals surface area (Å²) in [6.45, 7) is 0. The van der Waals surface area contributed by atoms with Gasteiger partial charge in [-0.1, -0.05) is 0 Å². The molecular formula is C7H6NNaO2. The van der Waals surface area contributed by atoms with Gasteiger partial charge in [-0.3, -0.25) is 0 Å². The van der Waals surface area contributed by atoms with Crippen molar-refractivity contribution in [1.29, 1.82) is 0 Å². The van der Waals surface area contributed by atoms with E-state index in [0.717, 1.165) is 31.6 Å². The van der Waals surface area contributed by atoms with Gasteiger partial charge in [0.2, 0.25) is 0 Å². The Morgan fingerprint density at radius 1 is 1.36 bits per heavy atom. The minimum absolute atomic E-state index is 0.170. The number of hydrogen-bond acceptors (Lipinski definition) is 2. The zero-order valence-corrected chi connectivity index (χ0v) is 8.28. The summed E-state index contributed by atoms with van der Waals surface area (Å²) in [5.74, 6) is 0. The second-order valence-corrected chi connectivity index (χ2v) is 2.98. The molecule has 0 aliphatic heterocycles. The first-order valence-corrected chi connectivity index (χ1v) is 4.88. The summed E-state index contributed by atoms with van der Waals surface area (Å²) in [6.07, 6.45) is 0. The Hall–Kier alpha value is -0.380. The molecule has 0 bridgehead atoms. The van der Waals surface area contributed by atoms with E-state index >= 15 is 0 Å². The van der Waals surface area contributed by atoms with Gasteiger partial charge in [0.05, 0.1) is 0 Å². The van der Waals surface area contributed by atoms with E-state index in [-0.39, 0.29) is 10.6 Å². The van der Waals surface area contributed by atoms with E-state index in [1.54, 1.807) is 12.1 Å². The molecule has 1 aromatic rings. The van der Waals surface area contributed by atoms with Crippen LogP contribution >= 0.6 is 0 Å². The zero-order valence-electron chi connectivity index (χ0n) is 6.28. The first-order chi connectivity index (χ1) is 5.24. The molecule has 11 heavy (non-hydrogen) atoms. The van der Waals surface area contributed by atoms with Crippen LogP contribution in [0.5, 0.6) is 0 Å². The van der Waals surface area contributed by atoms with Crippen LogP contribution in [0.1, 0.15) is 5.56 Å². The van der Waals surface area contributed by atoms with Crippen molar-refractivity contribution in [1.82, 2.24) is 0 Å². The van der Waals surface area contributed by atoms with Crippen molar-refractivity contribution in [2.24, 2.45) is 0 Å². The van der Waals surface area contributed by atoms with E-state index in [0.29, 0.717) is 0 Å². The molecule has 0 aromatic heterocycles. The Morgan fingerprint density at radius 3 is 2.27 bits per heavy atom. The molecule has 0 N–H and O–H groups in total. The predicted octanol–water partition coefficient (Wildman–Crippen LogP) is 1.26. The van der Waals surface area contributed by atoms with Crippen molar-refractivity contribution < 1.29 is 4.92 Å². The molecular weight excluding hydrogens is 153 g/mol. The van der Waals surface area contributed by atoms with Crippen molar-refractivity contribution in [3.8, 4) is 0 Å². The van der Waals surface area contributed by atoms with E-state index in [9.17, 15) is 10.1 Å². The molecule has 0 amide bonds. The third kappa shape index (κ3) is 2.29. The molecule has 1 aromatic carbocycles. The third-order valence-corrected chi connectivity index (χ3v) is 2.37. The minimum atomic E-state index is -0.378. The SMILES string of the molecule is O=[N+]([O-])c1ccc([CH2][Na])cc1. The summed E-state index contributed by atoms with van der Waals surface area (Å²) in [5, 5.41) is 10.2. The number of rotatable bonds is 2. The summed E-state index contributed by atoms with van der Waals surface area (Å²) in [5.41, 5.74) is 1.35. The molecule has 0 fully saturated rings. The van der Waals surface area contributed by atoms with Gasteiger partial charge in [-0.15, -0.1) is 0 Å². The third-order valence-electron chi connectivity index (χ3n) is 1.56. The first kappa shape index (κ1) is 8.71. The molecule has 0 saturated heterocycles. The Kier molecular flexibility index (Phi) is 3.05. The Balaban J connectivity index is 2.91. The summed E-state index contributed by atoms with van der Waals surface area (Å²) in [7, 11) is 0. The maximum absolute atomic E-state index is 10.2. The topological polar surface area (TPSA) is 43.1 Å². The molecule has 0 atom stereocenters. The zero-order chi connectivity index (χ0) is 8.27. The molecule has 0 spiro atoms. The van der Waals surface area contributed by atoms with Crippen LogP contribution in [0.2, 0.25) is 0 Å². The predicted molar refractivity (Wildman–Crippen MR) is 42.6 cm³/mol. The van der Waals surface area contributed by atoms with E-state index in [2.05, 4.69) is 0 Å². The quantitative estimate of drug-likeness (QED) is 0.370. The molecule has 0 saturated carbocycles. The van der Waals surface area contributed by atoms with Crippen molar-refractivity contribution in [2.75, 3.05) is 0 Å². The van der Waals surface area contributed by atoms with Gasteiger partial charge >= 0.3 is 82.2 Å². The molecule has 0 radical (unpaired) electrons. The van der Waals surface area contributed by atoms with Crippen LogP contribution in [0, 0.1) is 10.1 Å². The summed E-state index contributed by atoms with van der Waals surface area (Å²) < 4.78 is 1.05. The van der Waals surface area contributed by atoms with Gasteiger partial charge in [0.25, 0.3) is 0 Å². The van der Waals surface area contributed by atoms with E-state index in [4.69, 9.17) is 0 Å². The number of nitro benzene ring substituents is 1. The van der Waals surface area contributed by atoms with E-state index in [1.807, 2.05) is 12.1 Å². The molecule has 3 nitrogen and oxygen atoms in total. The van der Waals surface area contributed by atoms with Gasteiger partial charge in [-0.25, -0.2) is 0 Å². The van der Waals surface area contributed by atoms with Gasteiger partial charge in [0.15, 0.2) is 0 Å². The van der Waals surface area contributed by atoms with Crippen LogP contribution in [-0.4, -0.2) is 32.9 Å². The van der Waals surface area contributed by atoms with Crippen LogP contribution in [0.15, 0.2) is 24.3 Å². The average Bonchev–Trinajstić information content (AvgIpc) is 2.05. The average molecular weight is 159 g/mol. The van der Waals surface area contributed by atoms with Crippen LogP contribution in [0.4, 0.5) is 5.69 Å². The number of benzene rings is 1. The van der Waals surface area contributed by atoms with Gasteiger partial charge in [0.1, 0.15) is 0 Å². The molecule has 0 heterocycles. The number of nitro groups is 1. The van der Waals surface area contributed by atoms with Crippen LogP contribution in [0.3, 0.4) is 0 Å². The fourth-order valence-corrected chi connectivity index (χ4v) is 1.32. The van der Waals surface area contributed by atoms with Crippen LogP contribution in [-0.2, 0) is 3.67 Å². The van der Waals surface area contributed by atoms with Gasteiger partial charge in [-0.05, 0) is 0 Å². The molecule has 52 valence electrons. The van der Waals surface area contributed by atoms with Crippen molar-refractivity contribution in [3.05, 3.63) is 39.9 Å². The normalized spacial score (nSPS) is 9.64. The van der Waals surface area contributed by atoms with Gasteiger partial charge in [-0.2, -0.15) is 0 Å². The maximum atomic E-state index is 10.2. The van der Waals surface area contributed by atoms with Gasteiger partial charge in [0, 0.05) is 0 Å². The fraction of sp³-hybridized carbons (Fsp3) is 0.143. The summed E-state index contributed by atoms with van der Waals surface area (Å²) in [4.78, 5) is 9.84.